The Labute approximate surface area is 103 Å². The first kappa shape index (κ1) is 12.4. The number of ether oxygens (including phenoxy) is 2. The van der Waals surface area contributed by atoms with Crippen LogP contribution in [0.1, 0.15) is 25.3 Å². The van der Waals surface area contributed by atoms with Crippen LogP contribution in [0.5, 0.6) is 5.75 Å². The molecule has 2 rings (SSSR count). The van der Waals surface area contributed by atoms with Gasteiger partial charge in [-0.25, -0.2) is 0 Å². The summed E-state index contributed by atoms with van der Waals surface area (Å²) in [6, 6.07) is 8.29. The van der Waals surface area contributed by atoms with E-state index in [1.165, 1.54) is 5.56 Å². The highest BCUT2D eigenvalue weighted by molar-refractivity contribution is 5.34. The highest BCUT2D eigenvalue weighted by Crippen LogP contribution is 2.22. The van der Waals surface area contributed by atoms with Gasteiger partial charge in [-0.05, 0) is 37.8 Å². The van der Waals surface area contributed by atoms with E-state index in [2.05, 4.69) is 6.07 Å². The molecular weight excluding hydrogens is 214 g/mol. The number of hydrogen-bond acceptors (Lipinski definition) is 3. The Morgan fingerprint density at radius 1 is 1.47 bits per heavy atom. The highest BCUT2D eigenvalue weighted by atomic mass is 16.5. The molecule has 0 aromatic heterocycles. The SMILES string of the molecule is CC(N)Cc1ccccc1OC1CCCOC1. The zero-order chi connectivity index (χ0) is 12.1. The molecule has 2 unspecified atom stereocenters. The van der Waals surface area contributed by atoms with Crippen molar-refractivity contribution in [3.63, 3.8) is 0 Å². The fourth-order valence-electron chi connectivity index (χ4n) is 2.12. The molecule has 2 N–H and O–H groups in total. The van der Waals surface area contributed by atoms with E-state index < -0.39 is 0 Å². The van der Waals surface area contributed by atoms with Gasteiger partial charge in [0.2, 0.25) is 0 Å². The summed E-state index contributed by atoms with van der Waals surface area (Å²) in [7, 11) is 0. The second-order valence-electron chi connectivity index (χ2n) is 4.75. The van der Waals surface area contributed by atoms with Gasteiger partial charge in [0.1, 0.15) is 11.9 Å². The van der Waals surface area contributed by atoms with Gasteiger partial charge in [-0.1, -0.05) is 18.2 Å². The van der Waals surface area contributed by atoms with E-state index in [1.54, 1.807) is 0 Å². The van der Waals surface area contributed by atoms with Gasteiger partial charge in [-0.3, -0.25) is 0 Å². The molecule has 1 aromatic carbocycles. The Kier molecular flexibility index (Phi) is 4.40. The molecule has 0 bridgehead atoms. The van der Waals surface area contributed by atoms with E-state index in [1.807, 2.05) is 25.1 Å². The molecule has 1 aliphatic rings. The standard InChI is InChI=1S/C14H21NO2/c1-11(15)9-12-5-2-3-7-14(12)17-13-6-4-8-16-10-13/h2-3,5,7,11,13H,4,6,8-10,15H2,1H3. The van der Waals surface area contributed by atoms with Crippen molar-refractivity contribution in [2.24, 2.45) is 5.73 Å². The summed E-state index contributed by atoms with van der Waals surface area (Å²) >= 11 is 0. The third-order valence-electron chi connectivity index (χ3n) is 2.93. The maximum Gasteiger partial charge on any atom is 0.123 e. The summed E-state index contributed by atoms with van der Waals surface area (Å²) < 4.78 is 11.4. The van der Waals surface area contributed by atoms with Crippen LogP contribution in [0.15, 0.2) is 24.3 Å². The van der Waals surface area contributed by atoms with Crippen molar-refractivity contribution in [3.8, 4) is 5.75 Å². The fourth-order valence-corrected chi connectivity index (χ4v) is 2.12. The van der Waals surface area contributed by atoms with Crippen LogP contribution in [0.2, 0.25) is 0 Å². The first-order valence-electron chi connectivity index (χ1n) is 6.33. The summed E-state index contributed by atoms with van der Waals surface area (Å²) in [4.78, 5) is 0. The normalized spacial score (nSPS) is 22.1. The second kappa shape index (κ2) is 6.03. The van der Waals surface area contributed by atoms with Crippen LogP contribution in [0.3, 0.4) is 0 Å². The molecule has 1 aromatic rings. The van der Waals surface area contributed by atoms with Crippen LogP contribution in [0.25, 0.3) is 0 Å². The third kappa shape index (κ3) is 3.72. The van der Waals surface area contributed by atoms with Gasteiger partial charge >= 0.3 is 0 Å². The lowest BCUT2D eigenvalue weighted by molar-refractivity contribution is 0.00702. The molecule has 94 valence electrons. The molecule has 0 spiro atoms. The monoisotopic (exact) mass is 235 g/mol. The van der Waals surface area contributed by atoms with Gasteiger partial charge in [0.15, 0.2) is 0 Å². The summed E-state index contributed by atoms with van der Waals surface area (Å²) in [6.07, 6.45) is 3.20. The minimum atomic E-state index is 0.155. The van der Waals surface area contributed by atoms with E-state index in [0.717, 1.165) is 31.6 Å². The fraction of sp³-hybridized carbons (Fsp3) is 0.571. The summed E-state index contributed by atoms with van der Waals surface area (Å²) in [5.41, 5.74) is 7.03. The molecule has 3 nitrogen and oxygen atoms in total. The molecule has 17 heavy (non-hydrogen) atoms. The van der Waals surface area contributed by atoms with Gasteiger partial charge in [-0.2, -0.15) is 0 Å². The summed E-state index contributed by atoms with van der Waals surface area (Å²) in [5, 5.41) is 0. The molecule has 1 fully saturated rings. The Morgan fingerprint density at radius 2 is 2.29 bits per heavy atom. The third-order valence-corrected chi connectivity index (χ3v) is 2.93. The Hall–Kier alpha value is -1.06. The van der Waals surface area contributed by atoms with Crippen molar-refractivity contribution in [1.29, 1.82) is 0 Å². The maximum absolute atomic E-state index is 6.01. The smallest absolute Gasteiger partial charge is 0.123 e. The predicted molar refractivity (Wildman–Crippen MR) is 68.3 cm³/mol. The molecule has 0 radical (unpaired) electrons. The zero-order valence-electron chi connectivity index (χ0n) is 10.4. The Balaban J connectivity index is 2.03. The minimum absolute atomic E-state index is 0.155. The largest absolute Gasteiger partial charge is 0.488 e. The van der Waals surface area contributed by atoms with Crippen LogP contribution >= 0.6 is 0 Å². The van der Waals surface area contributed by atoms with Crippen molar-refractivity contribution in [2.75, 3.05) is 13.2 Å². The van der Waals surface area contributed by atoms with Crippen LogP contribution in [-0.4, -0.2) is 25.4 Å². The number of para-hydroxylation sites is 1. The van der Waals surface area contributed by atoms with Crippen LogP contribution in [-0.2, 0) is 11.2 Å². The molecular formula is C14H21NO2. The predicted octanol–water partition coefficient (Wildman–Crippen LogP) is 2.13. The van der Waals surface area contributed by atoms with Gasteiger partial charge in [0.25, 0.3) is 0 Å². The van der Waals surface area contributed by atoms with Crippen LogP contribution < -0.4 is 10.5 Å². The maximum atomic E-state index is 6.01. The second-order valence-corrected chi connectivity index (χ2v) is 4.75. The van der Waals surface area contributed by atoms with Crippen molar-refractivity contribution < 1.29 is 9.47 Å². The van der Waals surface area contributed by atoms with Gasteiger partial charge in [0.05, 0.1) is 6.61 Å². The van der Waals surface area contributed by atoms with E-state index in [4.69, 9.17) is 15.2 Å². The number of benzene rings is 1. The zero-order valence-corrected chi connectivity index (χ0v) is 10.4. The first-order valence-corrected chi connectivity index (χ1v) is 6.33. The van der Waals surface area contributed by atoms with Crippen LogP contribution in [0.4, 0.5) is 0 Å². The molecule has 0 amide bonds. The van der Waals surface area contributed by atoms with Gasteiger partial charge < -0.3 is 15.2 Å². The van der Waals surface area contributed by atoms with Gasteiger partial charge in [-0.15, -0.1) is 0 Å². The van der Waals surface area contributed by atoms with Crippen molar-refractivity contribution in [1.82, 2.24) is 0 Å². The van der Waals surface area contributed by atoms with Crippen molar-refractivity contribution in [3.05, 3.63) is 29.8 Å². The topological polar surface area (TPSA) is 44.5 Å². The molecule has 0 saturated carbocycles. The Morgan fingerprint density at radius 3 is 3.00 bits per heavy atom. The Bertz CT molecular complexity index is 346. The molecule has 2 atom stereocenters. The van der Waals surface area contributed by atoms with Crippen molar-refractivity contribution >= 4 is 0 Å². The van der Waals surface area contributed by atoms with E-state index in [-0.39, 0.29) is 12.1 Å². The average molecular weight is 235 g/mol. The minimum Gasteiger partial charge on any atom is -0.488 e. The highest BCUT2D eigenvalue weighted by Gasteiger charge is 2.16. The van der Waals surface area contributed by atoms with Crippen molar-refractivity contribution in [2.45, 2.75) is 38.3 Å². The molecule has 1 heterocycles. The quantitative estimate of drug-likeness (QED) is 0.869. The average Bonchev–Trinajstić information content (AvgIpc) is 2.32. The first-order chi connectivity index (χ1) is 8.25. The van der Waals surface area contributed by atoms with E-state index in [0.29, 0.717) is 6.61 Å². The lowest BCUT2D eigenvalue weighted by Gasteiger charge is -2.24. The number of hydrogen-bond donors (Lipinski definition) is 1. The lowest BCUT2D eigenvalue weighted by atomic mass is 10.1. The van der Waals surface area contributed by atoms with E-state index >= 15 is 0 Å². The molecule has 1 aliphatic heterocycles. The van der Waals surface area contributed by atoms with Gasteiger partial charge in [0, 0.05) is 12.6 Å². The summed E-state index contributed by atoms with van der Waals surface area (Å²) in [5.74, 6) is 0.959. The van der Waals surface area contributed by atoms with Crippen LogP contribution in [0, 0.1) is 0 Å². The molecule has 0 aliphatic carbocycles. The number of nitrogens with two attached hydrogens (primary N) is 1. The molecule has 1 saturated heterocycles. The lowest BCUT2D eigenvalue weighted by Crippen LogP contribution is -2.28. The molecule has 3 heteroatoms. The van der Waals surface area contributed by atoms with E-state index in [9.17, 15) is 0 Å². The number of rotatable bonds is 4. The summed E-state index contributed by atoms with van der Waals surface area (Å²) in [6.45, 7) is 3.58.